The Kier molecular flexibility index (Phi) is 9.98. The highest BCUT2D eigenvalue weighted by atomic mass is 16.6. The quantitative estimate of drug-likeness (QED) is 0.344. The third kappa shape index (κ3) is 7.31. The number of nitrogens with zero attached hydrogens (tertiary/aromatic N) is 6. The van der Waals surface area contributed by atoms with Crippen LogP contribution in [0.4, 0.5) is 15.3 Å². The molecule has 13 heteroatoms. The molecule has 3 aromatic rings. The minimum atomic E-state index is -0.994. The number of hydrogen-bond acceptors (Lipinski definition) is 8. The number of nitrogens with one attached hydrogen (secondary N) is 1. The van der Waals surface area contributed by atoms with Crippen LogP contribution in [0, 0.1) is 6.92 Å². The maximum Gasteiger partial charge on any atom is 0.410 e. The summed E-state index contributed by atoms with van der Waals surface area (Å²) >= 11 is 0. The Hall–Kier alpha value is -4.20. The van der Waals surface area contributed by atoms with Crippen LogP contribution >= 0.6 is 0 Å². The molecule has 50 heavy (non-hydrogen) atoms. The first-order chi connectivity index (χ1) is 24.2. The van der Waals surface area contributed by atoms with E-state index in [-0.39, 0.29) is 31.0 Å². The van der Waals surface area contributed by atoms with Gasteiger partial charge in [0.1, 0.15) is 5.65 Å². The summed E-state index contributed by atoms with van der Waals surface area (Å²) in [7, 11) is 0. The number of pyridine rings is 1. The van der Waals surface area contributed by atoms with Gasteiger partial charge >= 0.3 is 12.1 Å². The molecule has 0 radical (unpaired) electrons. The molecule has 1 aromatic carbocycles. The number of carbonyl (C=O) groups is 3. The minimum Gasteiger partial charge on any atom is -0.436 e. The number of likely N-dealkylation sites (tertiary alicyclic amines) is 3. The van der Waals surface area contributed by atoms with Crippen LogP contribution in [0.2, 0.25) is 0 Å². The Bertz CT molecular complexity index is 1690. The van der Waals surface area contributed by atoms with E-state index in [0.29, 0.717) is 64.4 Å². The molecule has 4 aliphatic rings. The lowest BCUT2D eigenvalue weighted by molar-refractivity contribution is -0.143. The normalized spacial score (nSPS) is 21.4. The van der Waals surface area contributed by atoms with Crippen LogP contribution in [-0.2, 0) is 22.4 Å². The van der Waals surface area contributed by atoms with Gasteiger partial charge in [-0.3, -0.25) is 4.79 Å². The number of carbonyl (C=O) groups excluding carboxylic acids is 3. The molecule has 0 bridgehead atoms. The Morgan fingerprint density at radius 2 is 1.70 bits per heavy atom. The fourth-order valence-electron chi connectivity index (χ4n) is 8.20. The van der Waals surface area contributed by atoms with Crippen molar-refractivity contribution < 1.29 is 29.3 Å². The van der Waals surface area contributed by atoms with Crippen LogP contribution in [-0.4, -0.2) is 133 Å². The number of benzene rings is 1. The van der Waals surface area contributed by atoms with Crippen molar-refractivity contribution in [3.8, 4) is 0 Å². The number of aromatic nitrogens is 2. The number of aliphatic hydroxyl groups excluding tert-OH is 1. The lowest BCUT2D eigenvalue weighted by Crippen LogP contribution is -2.54. The van der Waals surface area contributed by atoms with Crippen molar-refractivity contribution in [1.82, 2.24) is 29.0 Å². The summed E-state index contributed by atoms with van der Waals surface area (Å²) in [5.41, 5.74) is 3.68. The molecular weight excluding hydrogens is 638 g/mol. The van der Waals surface area contributed by atoms with Crippen molar-refractivity contribution >= 4 is 29.4 Å². The number of piperidine rings is 3. The Balaban J connectivity index is 0.989. The van der Waals surface area contributed by atoms with Crippen LogP contribution in [0.5, 0.6) is 0 Å². The number of fused-ring (bicyclic) bond motifs is 2. The van der Waals surface area contributed by atoms with E-state index in [1.807, 2.05) is 63.8 Å². The molecule has 268 valence electrons. The predicted molar refractivity (Wildman–Crippen MR) is 187 cm³/mol. The third-order valence-corrected chi connectivity index (χ3v) is 11.3. The molecule has 3 saturated heterocycles. The Morgan fingerprint density at radius 1 is 1.00 bits per heavy atom. The second kappa shape index (κ2) is 14.6. The van der Waals surface area contributed by atoms with E-state index in [1.54, 1.807) is 11.1 Å². The van der Waals surface area contributed by atoms with Crippen molar-refractivity contribution in [3.05, 3.63) is 65.6 Å². The van der Waals surface area contributed by atoms with Crippen LogP contribution in [0.1, 0.15) is 55.2 Å². The SMILES string of the molecule is Cc1cc(C[C@@H](OC(=O)N2CCC(N3CCc4ccccc4NC3=O)CC2)C(=O)N2CCC(N3CCC(O)(CO)CC3)CC2)cn2ccnc12. The molecule has 1 atom stereocenters. The summed E-state index contributed by atoms with van der Waals surface area (Å²) in [6.07, 6.45) is 9.02. The van der Waals surface area contributed by atoms with Crippen LogP contribution in [0.15, 0.2) is 48.9 Å². The van der Waals surface area contributed by atoms with Gasteiger partial charge in [-0.1, -0.05) is 24.3 Å². The number of anilines is 1. The van der Waals surface area contributed by atoms with Crippen molar-refractivity contribution in [1.29, 1.82) is 0 Å². The molecule has 0 unspecified atom stereocenters. The molecule has 13 nitrogen and oxygen atoms in total. The summed E-state index contributed by atoms with van der Waals surface area (Å²) in [5, 5.41) is 23.0. The van der Waals surface area contributed by atoms with E-state index in [1.165, 1.54) is 0 Å². The summed E-state index contributed by atoms with van der Waals surface area (Å²) < 4.78 is 8.03. The van der Waals surface area contributed by atoms with E-state index in [2.05, 4.69) is 15.2 Å². The molecule has 0 aliphatic carbocycles. The molecular formula is C37H49N7O6. The molecule has 3 N–H and O–H groups in total. The van der Waals surface area contributed by atoms with Gasteiger partial charge in [0.15, 0.2) is 6.10 Å². The molecule has 4 aliphatic heterocycles. The molecule has 7 rings (SSSR count). The zero-order valence-electron chi connectivity index (χ0n) is 28.9. The van der Waals surface area contributed by atoms with Crippen LogP contribution in [0.25, 0.3) is 5.65 Å². The van der Waals surface area contributed by atoms with Gasteiger partial charge in [0.25, 0.3) is 5.91 Å². The van der Waals surface area contributed by atoms with Gasteiger partial charge in [-0.2, -0.15) is 0 Å². The smallest absolute Gasteiger partial charge is 0.410 e. The van der Waals surface area contributed by atoms with Gasteiger partial charge < -0.3 is 44.3 Å². The maximum atomic E-state index is 14.1. The van der Waals surface area contributed by atoms with Crippen molar-refractivity contribution in [2.75, 3.05) is 57.7 Å². The second-order valence-corrected chi connectivity index (χ2v) is 14.5. The van der Waals surface area contributed by atoms with Gasteiger partial charge in [0, 0.05) is 88.6 Å². The fraction of sp³-hybridized carbons (Fsp3) is 0.568. The zero-order valence-corrected chi connectivity index (χ0v) is 28.9. The first-order valence-electron chi connectivity index (χ1n) is 18.1. The molecule has 0 spiro atoms. The van der Waals surface area contributed by atoms with E-state index in [0.717, 1.165) is 60.4 Å². The lowest BCUT2D eigenvalue weighted by atomic mass is 9.90. The topological polar surface area (TPSA) is 143 Å². The maximum absolute atomic E-state index is 14.1. The number of imidazole rings is 1. The fourth-order valence-corrected chi connectivity index (χ4v) is 8.20. The molecule has 3 fully saturated rings. The third-order valence-electron chi connectivity index (χ3n) is 11.3. The number of ether oxygens (including phenoxy) is 1. The van der Waals surface area contributed by atoms with Gasteiger partial charge in [-0.25, -0.2) is 14.6 Å². The van der Waals surface area contributed by atoms with Crippen LogP contribution in [0.3, 0.4) is 0 Å². The summed E-state index contributed by atoms with van der Waals surface area (Å²) in [6, 6.07) is 10.1. The highest BCUT2D eigenvalue weighted by molar-refractivity contribution is 5.91. The van der Waals surface area contributed by atoms with Gasteiger partial charge in [0.05, 0.1) is 12.2 Å². The van der Waals surface area contributed by atoms with Gasteiger partial charge in [-0.15, -0.1) is 0 Å². The Labute approximate surface area is 292 Å². The lowest BCUT2D eigenvalue weighted by Gasteiger charge is -2.44. The number of para-hydroxylation sites is 1. The number of urea groups is 1. The first kappa shape index (κ1) is 34.3. The molecule has 2 aromatic heterocycles. The molecule has 6 heterocycles. The van der Waals surface area contributed by atoms with E-state index < -0.39 is 17.8 Å². The summed E-state index contributed by atoms with van der Waals surface area (Å²) in [4.78, 5) is 53.1. The first-order valence-corrected chi connectivity index (χ1v) is 18.1. The number of aryl methyl sites for hydroxylation is 1. The highest BCUT2D eigenvalue weighted by Crippen LogP contribution is 2.28. The average molecular weight is 688 g/mol. The van der Waals surface area contributed by atoms with E-state index >= 15 is 0 Å². The van der Waals surface area contributed by atoms with Crippen LogP contribution < -0.4 is 5.32 Å². The average Bonchev–Trinajstić information content (AvgIpc) is 3.55. The monoisotopic (exact) mass is 687 g/mol. The largest absolute Gasteiger partial charge is 0.436 e. The number of hydrogen-bond donors (Lipinski definition) is 3. The Morgan fingerprint density at radius 3 is 2.44 bits per heavy atom. The highest BCUT2D eigenvalue weighted by Gasteiger charge is 2.38. The summed E-state index contributed by atoms with van der Waals surface area (Å²) in [5.74, 6) is -0.191. The van der Waals surface area contributed by atoms with Crippen molar-refractivity contribution in [2.45, 2.75) is 82.1 Å². The van der Waals surface area contributed by atoms with E-state index in [9.17, 15) is 24.6 Å². The van der Waals surface area contributed by atoms with Gasteiger partial charge in [-0.05, 0) is 74.6 Å². The molecule has 4 amide bonds. The standard InChI is InChI=1S/C37H49N7O6/c1-26-22-27(24-43-21-13-38-33(26)43)23-32(34(46)41-14-7-29(8-15-41)40-19-11-37(49,25-45)12-20-40)50-36(48)42-16-9-30(10-17-42)44-18-6-28-4-2-3-5-31(28)39-35(44)47/h2-5,13,21-22,24,29-30,32,45,49H,6-12,14-20,23,25H2,1H3,(H,39,47)/t32-/m1/s1. The number of amides is 4. The predicted octanol–water partition coefficient (Wildman–Crippen LogP) is 3.06. The minimum absolute atomic E-state index is 0.00862. The number of aliphatic hydroxyl groups is 2. The van der Waals surface area contributed by atoms with Crippen molar-refractivity contribution in [3.63, 3.8) is 0 Å². The van der Waals surface area contributed by atoms with Gasteiger partial charge in [0.2, 0.25) is 0 Å². The number of rotatable bonds is 7. The van der Waals surface area contributed by atoms with Crippen molar-refractivity contribution in [2.24, 2.45) is 0 Å². The summed E-state index contributed by atoms with van der Waals surface area (Å²) in [6.45, 7) is 5.82. The molecule has 0 saturated carbocycles. The zero-order chi connectivity index (χ0) is 34.8. The second-order valence-electron chi connectivity index (χ2n) is 14.5. The van der Waals surface area contributed by atoms with E-state index in [4.69, 9.17) is 4.74 Å².